The van der Waals surface area contributed by atoms with Gasteiger partial charge >= 0.3 is 5.97 Å². The van der Waals surface area contributed by atoms with Gasteiger partial charge in [-0.2, -0.15) is 5.26 Å². The molecule has 1 atom stereocenters. The molecule has 0 aromatic carbocycles. The van der Waals surface area contributed by atoms with Gasteiger partial charge in [0.2, 0.25) is 0 Å². The average molecular weight is 250 g/mol. The van der Waals surface area contributed by atoms with Crippen molar-refractivity contribution in [1.29, 1.82) is 5.26 Å². The molecule has 0 spiro atoms. The van der Waals surface area contributed by atoms with Crippen molar-refractivity contribution in [3.8, 4) is 6.07 Å². The predicted molar refractivity (Wildman–Crippen MR) is 66.0 cm³/mol. The molecule has 0 aliphatic carbocycles. The lowest BCUT2D eigenvalue weighted by molar-refractivity contribution is -0.136. The molecule has 0 saturated heterocycles. The average Bonchev–Trinajstić information content (AvgIpc) is 2.30. The van der Waals surface area contributed by atoms with Gasteiger partial charge in [-0.25, -0.2) is 4.98 Å². The largest absolute Gasteiger partial charge is 0.480 e. The van der Waals surface area contributed by atoms with Gasteiger partial charge in [0, 0.05) is 5.69 Å². The highest BCUT2D eigenvalue weighted by Gasteiger charge is 2.17. The van der Waals surface area contributed by atoms with E-state index in [-0.39, 0.29) is 0 Å². The van der Waals surface area contributed by atoms with Crippen LogP contribution in [0.1, 0.15) is 30.7 Å². The molecule has 0 amide bonds. The van der Waals surface area contributed by atoms with Crippen LogP contribution in [0.2, 0.25) is 0 Å². The van der Waals surface area contributed by atoms with E-state index in [4.69, 9.17) is 10.4 Å². The summed E-state index contributed by atoms with van der Waals surface area (Å²) in [5.74, 6) is -0.903. The molecular weight excluding hydrogens is 236 g/mol. The van der Waals surface area contributed by atoms with Crippen molar-refractivity contribution in [2.45, 2.75) is 37.5 Å². The Morgan fingerprint density at radius 1 is 1.71 bits per heavy atom. The van der Waals surface area contributed by atoms with E-state index in [0.717, 1.165) is 29.4 Å². The third-order valence-electron chi connectivity index (χ3n) is 2.37. The Balaban J connectivity index is 3.13. The number of carbonyl (C=O) groups is 1. The van der Waals surface area contributed by atoms with Crippen LogP contribution in [0.5, 0.6) is 0 Å². The Morgan fingerprint density at radius 3 is 2.82 bits per heavy atom. The lowest BCUT2D eigenvalue weighted by Crippen LogP contribution is -2.12. The topological polar surface area (TPSA) is 74.0 Å². The normalized spacial score (nSPS) is 11.9. The first-order valence-electron chi connectivity index (χ1n) is 5.29. The molecule has 0 radical (unpaired) electrons. The van der Waals surface area contributed by atoms with Crippen LogP contribution in [0.4, 0.5) is 0 Å². The molecule has 0 aliphatic rings. The minimum atomic E-state index is -0.903. The van der Waals surface area contributed by atoms with Crippen LogP contribution in [0, 0.1) is 18.3 Å². The van der Waals surface area contributed by atoms with Crippen molar-refractivity contribution in [1.82, 2.24) is 4.98 Å². The summed E-state index contributed by atoms with van der Waals surface area (Å²) in [6.45, 7) is 5.47. The van der Waals surface area contributed by atoms with E-state index in [2.05, 4.69) is 11.1 Å². The third kappa shape index (κ3) is 3.21. The summed E-state index contributed by atoms with van der Waals surface area (Å²) >= 11 is 1.11. The first-order valence-corrected chi connectivity index (χ1v) is 6.17. The number of nitrogens with zero attached hydrogens (tertiary/aromatic N) is 2. The van der Waals surface area contributed by atoms with E-state index in [1.165, 1.54) is 0 Å². The van der Waals surface area contributed by atoms with Crippen LogP contribution in [0.3, 0.4) is 0 Å². The van der Waals surface area contributed by atoms with Crippen molar-refractivity contribution >= 4 is 17.7 Å². The Kier molecular flexibility index (Phi) is 4.53. The molecule has 17 heavy (non-hydrogen) atoms. The maximum Gasteiger partial charge on any atom is 0.316 e. The fourth-order valence-corrected chi connectivity index (χ4v) is 2.21. The number of aliphatic carboxylic acids is 1. The molecule has 1 aromatic heterocycles. The van der Waals surface area contributed by atoms with Crippen molar-refractivity contribution in [2.75, 3.05) is 0 Å². The van der Waals surface area contributed by atoms with Crippen LogP contribution >= 0.6 is 11.8 Å². The van der Waals surface area contributed by atoms with Crippen molar-refractivity contribution in [3.05, 3.63) is 22.9 Å². The van der Waals surface area contributed by atoms with E-state index in [0.29, 0.717) is 10.6 Å². The van der Waals surface area contributed by atoms with Gasteiger partial charge < -0.3 is 5.11 Å². The summed E-state index contributed by atoms with van der Waals surface area (Å²) in [6.07, 6.45) is 0.770. The highest BCUT2D eigenvalue weighted by molar-refractivity contribution is 8.00. The van der Waals surface area contributed by atoms with Crippen LogP contribution < -0.4 is 0 Å². The lowest BCUT2D eigenvalue weighted by Gasteiger charge is -2.10. The van der Waals surface area contributed by atoms with E-state index >= 15 is 0 Å². The van der Waals surface area contributed by atoms with E-state index in [9.17, 15) is 4.79 Å². The minimum absolute atomic E-state index is 0.442. The van der Waals surface area contributed by atoms with Crippen molar-refractivity contribution in [2.24, 2.45) is 0 Å². The smallest absolute Gasteiger partial charge is 0.316 e. The quantitative estimate of drug-likeness (QED) is 0.830. The number of rotatable bonds is 4. The summed E-state index contributed by atoms with van der Waals surface area (Å²) in [5, 5.41) is 17.8. The Labute approximate surface area is 105 Å². The maximum absolute atomic E-state index is 10.8. The minimum Gasteiger partial charge on any atom is -0.480 e. The van der Waals surface area contributed by atoms with Crippen LogP contribution in [-0.4, -0.2) is 21.3 Å². The van der Waals surface area contributed by atoms with Crippen LogP contribution in [0.15, 0.2) is 11.1 Å². The number of nitriles is 1. The number of carboxylic acids is 1. The summed E-state index contributed by atoms with van der Waals surface area (Å²) in [4.78, 5) is 15.2. The number of hydrogen-bond donors (Lipinski definition) is 1. The molecule has 5 heteroatoms. The molecule has 4 nitrogen and oxygen atoms in total. The van der Waals surface area contributed by atoms with E-state index < -0.39 is 11.2 Å². The second-order valence-corrected chi connectivity index (χ2v) is 5.00. The molecule has 0 saturated carbocycles. The molecule has 1 heterocycles. The first kappa shape index (κ1) is 13.5. The molecule has 0 bridgehead atoms. The molecule has 90 valence electrons. The number of carboxylic acid groups (broad SMARTS) is 1. The second-order valence-electron chi connectivity index (χ2n) is 3.67. The molecule has 1 aromatic rings. The van der Waals surface area contributed by atoms with E-state index in [1.807, 2.05) is 13.8 Å². The summed E-state index contributed by atoms with van der Waals surface area (Å²) in [7, 11) is 0. The lowest BCUT2D eigenvalue weighted by atomic mass is 10.1. The first-order chi connectivity index (χ1) is 7.99. The zero-order valence-corrected chi connectivity index (χ0v) is 10.8. The number of aromatic nitrogens is 1. The Morgan fingerprint density at radius 2 is 2.35 bits per heavy atom. The van der Waals surface area contributed by atoms with E-state index in [1.54, 1.807) is 13.0 Å². The van der Waals surface area contributed by atoms with Gasteiger partial charge in [0.1, 0.15) is 16.3 Å². The van der Waals surface area contributed by atoms with Gasteiger partial charge in [0.05, 0.1) is 5.56 Å². The number of pyridine rings is 1. The number of hydrogen-bond acceptors (Lipinski definition) is 4. The van der Waals surface area contributed by atoms with Gasteiger partial charge in [-0.1, -0.05) is 18.7 Å². The fraction of sp³-hybridized carbons (Fsp3) is 0.417. The molecule has 0 aliphatic heterocycles. The van der Waals surface area contributed by atoms with Gasteiger partial charge in [-0.15, -0.1) is 0 Å². The zero-order valence-electron chi connectivity index (χ0n) is 10.0. The molecule has 0 unspecified atom stereocenters. The zero-order chi connectivity index (χ0) is 13.0. The molecule has 1 rings (SSSR count). The number of aryl methyl sites for hydroxylation is 2. The van der Waals surface area contributed by atoms with Crippen molar-refractivity contribution < 1.29 is 9.90 Å². The standard InChI is InChI=1S/C12H14N2O2S/c1-4-10-7(2)5-9(6-13)11(14-10)17-8(3)12(15)16/h5,8H,4H2,1-3H3,(H,15,16)/t8-/m0/s1. The number of thioether (sulfide) groups is 1. The highest BCUT2D eigenvalue weighted by Crippen LogP contribution is 2.26. The molecule has 1 N–H and O–H groups in total. The Bertz CT molecular complexity index is 480. The summed E-state index contributed by atoms with van der Waals surface area (Å²) in [5.41, 5.74) is 2.32. The Hall–Kier alpha value is -1.54. The van der Waals surface area contributed by atoms with Gasteiger partial charge in [-0.3, -0.25) is 4.79 Å². The molecular formula is C12H14N2O2S. The maximum atomic E-state index is 10.8. The van der Waals surface area contributed by atoms with Gasteiger partial charge in [0.25, 0.3) is 0 Å². The summed E-state index contributed by atoms with van der Waals surface area (Å²) in [6, 6.07) is 3.82. The van der Waals surface area contributed by atoms with Crippen LogP contribution in [-0.2, 0) is 11.2 Å². The fourth-order valence-electron chi connectivity index (χ4n) is 1.38. The monoisotopic (exact) mass is 250 g/mol. The predicted octanol–water partition coefficient (Wildman–Crippen LogP) is 2.39. The van der Waals surface area contributed by atoms with Gasteiger partial charge in [-0.05, 0) is 31.9 Å². The third-order valence-corrected chi connectivity index (χ3v) is 3.46. The SMILES string of the molecule is CCc1nc(S[C@@H](C)C(=O)O)c(C#N)cc1C. The van der Waals surface area contributed by atoms with Crippen LogP contribution in [0.25, 0.3) is 0 Å². The highest BCUT2D eigenvalue weighted by atomic mass is 32.2. The van der Waals surface area contributed by atoms with Gasteiger partial charge in [0.15, 0.2) is 0 Å². The van der Waals surface area contributed by atoms with Crippen molar-refractivity contribution in [3.63, 3.8) is 0 Å². The molecule has 0 fully saturated rings. The second kappa shape index (κ2) is 5.69. The summed E-state index contributed by atoms with van der Waals surface area (Å²) < 4.78 is 0.